The average Bonchev–Trinajstić information content (AvgIpc) is 2.24. The largest absolute Gasteiger partial charge is 0.381 e. The number of aryl methyl sites for hydroxylation is 1. The van der Waals surface area contributed by atoms with Crippen LogP contribution in [0.1, 0.15) is 18.4 Å². The second-order valence-corrected chi connectivity index (χ2v) is 4.73. The van der Waals surface area contributed by atoms with Gasteiger partial charge < -0.3 is 10.1 Å². The Morgan fingerprint density at radius 2 is 2.20 bits per heavy atom. The lowest BCUT2D eigenvalue weighted by atomic mass is 10.1. The minimum Gasteiger partial charge on any atom is -0.381 e. The van der Waals surface area contributed by atoms with Crippen LogP contribution in [0.2, 0.25) is 0 Å². The van der Waals surface area contributed by atoms with Gasteiger partial charge in [0.05, 0.1) is 4.47 Å². The van der Waals surface area contributed by atoms with Crippen LogP contribution >= 0.6 is 15.9 Å². The van der Waals surface area contributed by atoms with E-state index in [1.807, 2.05) is 13.1 Å². The maximum atomic E-state index is 5.31. The van der Waals surface area contributed by atoms with Crippen molar-refractivity contribution in [3.63, 3.8) is 0 Å². The van der Waals surface area contributed by atoms with Crippen LogP contribution in [-0.2, 0) is 4.74 Å². The minimum absolute atomic E-state index is 0.491. The first-order valence-electron chi connectivity index (χ1n) is 5.22. The molecule has 0 aromatic carbocycles. The van der Waals surface area contributed by atoms with E-state index in [4.69, 9.17) is 4.74 Å². The van der Waals surface area contributed by atoms with Gasteiger partial charge in [0, 0.05) is 25.5 Å². The Balaban J connectivity index is 2.03. The van der Waals surface area contributed by atoms with Crippen LogP contribution in [0.25, 0.3) is 0 Å². The molecule has 1 aromatic heterocycles. The van der Waals surface area contributed by atoms with Crippen LogP contribution in [0.4, 0.5) is 5.82 Å². The quantitative estimate of drug-likeness (QED) is 0.898. The van der Waals surface area contributed by atoms with E-state index >= 15 is 0 Å². The van der Waals surface area contributed by atoms with Crippen molar-refractivity contribution in [1.29, 1.82) is 0 Å². The van der Waals surface area contributed by atoms with Crippen molar-refractivity contribution in [2.75, 3.05) is 18.5 Å². The highest BCUT2D eigenvalue weighted by atomic mass is 79.9. The normalized spacial score (nSPS) is 17.7. The molecule has 0 bridgehead atoms. The van der Waals surface area contributed by atoms with Crippen molar-refractivity contribution in [1.82, 2.24) is 4.98 Å². The lowest BCUT2D eigenvalue weighted by Crippen LogP contribution is -2.28. The molecule has 0 unspecified atom stereocenters. The monoisotopic (exact) mass is 270 g/mol. The Labute approximate surface area is 98.4 Å². The molecule has 0 radical (unpaired) electrons. The van der Waals surface area contributed by atoms with Crippen LogP contribution in [0, 0.1) is 6.92 Å². The molecular formula is C11H15BrN2O. The fourth-order valence-electron chi connectivity index (χ4n) is 1.68. The molecule has 0 atom stereocenters. The van der Waals surface area contributed by atoms with Crippen molar-refractivity contribution in [3.05, 3.63) is 22.3 Å². The summed E-state index contributed by atoms with van der Waals surface area (Å²) in [6, 6.07) is 2.57. The molecule has 1 aromatic rings. The summed E-state index contributed by atoms with van der Waals surface area (Å²) in [4.78, 5) is 4.37. The van der Waals surface area contributed by atoms with Gasteiger partial charge in [0.2, 0.25) is 0 Å². The molecule has 1 fully saturated rings. The number of ether oxygens (including phenoxy) is 1. The fourth-order valence-corrected chi connectivity index (χ4v) is 2.25. The number of nitrogens with one attached hydrogen (secondary N) is 1. The van der Waals surface area contributed by atoms with Crippen LogP contribution in [0.5, 0.6) is 0 Å². The third-order valence-electron chi connectivity index (χ3n) is 2.54. The van der Waals surface area contributed by atoms with Gasteiger partial charge in [-0.05, 0) is 47.3 Å². The number of anilines is 1. The molecule has 0 saturated carbocycles. The minimum atomic E-state index is 0.491. The average molecular weight is 271 g/mol. The number of hydrogen-bond donors (Lipinski definition) is 1. The van der Waals surface area contributed by atoms with Crippen molar-refractivity contribution in [2.24, 2.45) is 0 Å². The van der Waals surface area contributed by atoms with Gasteiger partial charge in [0.25, 0.3) is 0 Å². The summed E-state index contributed by atoms with van der Waals surface area (Å²) < 4.78 is 6.35. The first kappa shape index (κ1) is 10.9. The molecule has 1 saturated heterocycles. The van der Waals surface area contributed by atoms with Gasteiger partial charge in [-0.2, -0.15) is 0 Å². The van der Waals surface area contributed by atoms with Gasteiger partial charge in [-0.3, -0.25) is 0 Å². The molecule has 1 aliphatic rings. The van der Waals surface area contributed by atoms with Crippen LogP contribution in [0.3, 0.4) is 0 Å². The number of nitrogens with zero attached hydrogens (tertiary/aromatic N) is 1. The van der Waals surface area contributed by atoms with Crippen LogP contribution in [-0.4, -0.2) is 24.2 Å². The number of halogens is 1. The van der Waals surface area contributed by atoms with Gasteiger partial charge in [0.1, 0.15) is 5.82 Å². The molecule has 4 heteroatoms. The zero-order chi connectivity index (χ0) is 10.7. The molecule has 2 heterocycles. The Morgan fingerprint density at radius 3 is 2.87 bits per heavy atom. The Kier molecular flexibility index (Phi) is 3.59. The van der Waals surface area contributed by atoms with Crippen molar-refractivity contribution < 1.29 is 4.74 Å². The summed E-state index contributed by atoms with van der Waals surface area (Å²) in [6.45, 7) is 3.73. The van der Waals surface area contributed by atoms with E-state index in [-0.39, 0.29) is 0 Å². The van der Waals surface area contributed by atoms with E-state index in [1.54, 1.807) is 0 Å². The third-order valence-corrected chi connectivity index (χ3v) is 3.14. The third kappa shape index (κ3) is 2.92. The summed E-state index contributed by atoms with van der Waals surface area (Å²) in [5.41, 5.74) is 1.17. The van der Waals surface area contributed by atoms with E-state index < -0.39 is 0 Å². The summed E-state index contributed by atoms with van der Waals surface area (Å²) >= 11 is 3.52. The zero-order valence-corrected chi connectivity index (χ0v) is 10.4. The highest BCUT2D eigenvalue weighted by Gasteiger charge is 2.14. The molecule has 3 nitrogen and oxygen atoms in total. The Bertz CT molecular complexity index is 337. The van der Waals surface area contributed by atoms with Gasteiger partial charge in [-0.1, -0.05) is 0 Å². The highest BCUT2D eigenvalue weighted by Crippen LogP contribution is 2.23. The predicted octanol–water partition coefficient (Wildman–Crippen LogP) is 2.74. The maximum absolute atomic E-state index is 5.31. The number of hydrogen-bond acceptors (Lipinski definition) is 3. The lowest BCUT2D eigenvalue weighted by Gasteiger charge is -2.24. The standard InChI is InChI=1S/C11H15BrN2O/c1-8-6-10(12)11(13-7-8)14-9-2-4-15-5-3-9/h6-7,9H,2-5H2,1H3,(H,13,14). The first-order valence-corrected chi connectivity index (χ1v) is 6.01. The maximum Gasteiger partial charge on any atom is 0.140 e. The molecular weight excluding hydrogens is 256 g/mol. The number of aromatic nitrogens is 1. The molecule has 1 aliphatic heterocycles. The van der Waals surface area contributed by atoms with Gasteiger partial charge in [0.15, 0.2) is 0 Å². The van der Waals surface area contributed by atoms with Crippen molar-refractivity contribution in [3.8, 4) is 0 Å². The first-order chi connectivity index (χ1) is 7.25. The lowest BCUT2D eigenvalue weighted by molar-refractivity contribution is 0.0904. The predicted molar refractivity (Wildman–Crippen MR) is 64.1 cm³/mol. The van der Waals surface area contributed by atoms with E-state index in [0.29, 0.717) is 6.04 Å². The highest BCUT2D eigenvalue weighted by molar-refractivity contribution is 9.10. The Morgan fingerprint density at radius 1 is 1.47 bits per heavy atom. The summed E-state index contributed by atoms with van der Waals surface area (Å²) in [7, 11) is 0. The molecule has 0 spiro atoms. The van der Waals surface area contributed by atoms with Gasteiger partial charge in [-0.25, -0.2) is 4.98 Å². The summed E-state index contributed by atoms with van der Waals surface area (Å²) in [5.74, 6) is 0.938. The van der Waals surface area contributed by atoms with E-state index in [9.17, 15) is 0 Å². The molecule has 1 N–H and O–H groups in total. The molecule has 15 heavy (non-hydrogen) atoms. The van der Waals surface area contributed by atoms with E-state index in [0.717, 1.165) is 36.3 Å². The molecule has 2 rings (SSSR count). The van der Waals surface area contributed by atoms with E-state index in [1.165, 1.54) is 5.56 Å². The van der Waals surface area contributed by atoms with Gasteiger partial charge in [-0.15, -0.1) is 0 Å². The summed E-state index contributed by atoms with van der Waals surface area (Å²) in [6.07, 6.45) is 4.00. The number of rotatable bonds is 2. The smallest absolute Gasteiger partial charge is 0.140 e. The van der Waals surface area contributed by atoms with E-state index in [2.05, 4.69) is 32.3 Å². The second-order valence-electron chi connectivity index (χ2n) is 3.87. The van der Waals surface area contributed by atoms with Crippen molar-refractivity contribution >= 4 is 21.7 Å². The topological polar surface area (TPSA) is 34.2 Å². The summed E-state index contributed by atoms with van der Waals surface area (Å²) in [5, 5.41) is 3.44. The van der Waals surface area contributed by atoms with Crippen LogP contribution < -0.4 is 5.32 Å². The van der Waals surface area contributed by atoms with Crippen LogP contribution in [0.15, 0.2) is 16.7 Å². The second kappa shape index (κ2) is 4.94. The van der Waals surface area contributed by atoms with Gasteiger partial charge >= 0.3 is 0 Å². The zero-order valence-electron chi connectivity index (χ0n) is 8.79. The fraction of sp³-hybridized carbons (Fsp3) is 0.545. The van der Waals surface area contributed by atoms with Crippen molar-refractivity contribution in [2.45, 2.75) is 25.8 Å². The molecule has 0 amide bonds. The Hall–Kier alpha value is -0.610. The molecule has 82 valence electrons. The molecule has 0 aliphatic carbocycles. The number of pyridine rings is 1. The SMILES string of the molecule is Cc1cnc(NC2CCOCC2)c(Br)c1.